The van der Waals surface area contributed by atoms with E-state index in [0.717, 1.165) is 0 Å². The Balaban J connectivity index is 2.27. The molecule has 0 saturated carbocycles. The molecule has 1 unspecified atom stereocenters. The summed E-state index contributed by atoms with van der Waals surface area (Å²) in [5.41, 5.74) is 6.61. The fourth-order valence-corrected chi connectivity index (χ4v) is 2.91. The van der Waals surface area contributed by atoms with Crippen LogP contribution in [0.3, 0.4) is 0 Å². The van der Waals surface area contributed by atoms with Gasteiger partial charge in [0.2, 0.25) is 5.88 Å². The van der Waals surface area contributed by atoms with Crippen molar-refractivity contribution >= 4 is 11.7 Å². The second kappa shape index (κ2) is 6.95. The van der Waals surface area contributed by atoms with E-state index in [-0.39, 0.29) is 28.4 Å². The van der Waals surface area contributed by atoms with Crippen molar-refractivity contribution < 1.29 is 19.7 Å². The third kappa shape index (κ3) is 3.06. The summed E-state index contributed by atoms with van der Waals surface area (Å²) in [6.07, 6.45) is 0. The predicted octanol–water partition coefficient (Wildman–Crippen LogP) is 2.83. The van der Waals surface area contributed by atoms with Crippen molar-refractivity contribution in [3.63, 3.8) is 0 Å². The molecule has 1 aliphatic rings. The summed E-state index contributed by atoms with van der Waals surface area (Å²) in [5, 5.41) is 38.3. The number of carbonyl (C=O) groups is 1. The van der Waals surface area contributed by atoms with Gasteiger partial charge in [-0.1, -0.05) is 36.4 Å². The molecule has 0 aliphatic carbocycles. The first-order valence-electron chi connectivity index (χ1n) is 7.81. The van der Waals surface area contributed by atoms with Crippen LogP contribution in [0.15, 0.2) is 65.6 Å². The molecule has 1 atom stereocenters. The number of benzene rings is 2. The highest BCUT2D eigenvalue weighted by molar-refractivity contribution is 5.91. The lowest BCUT2D eigenvalue weighted by atomic mass is 9.82. The number of nitriles is 2. The zero-order chi connectivity index (χ0) is 19.6. The molecular weight excluding hydrogens is 346 g/mol. The van der Waals surface area contributed by atoms with Crippen LogP contribution >= 0.6 is 0 Å². The number of aromatic carboxylic acids is 1. The van der Waals surface area contributed by atoms with Gasteiger partial charge in [0, 0.05) is 5.56 Å². The Kier molecular flexibility index (Phi) is 4.52. The summed E-state index contributed by atoms with van der Waals surface area (Å²) in [6.45, 7) is 0. The van der Waals surface area contributed by atoms with Crippen LogP contribution in [0.25, 0.3) is 5.76 Å². The number of aromatic hydroxyl groups is 1. The largest absolute Gasteiger partial charge is 0.507 e. The van der Waals surface area contributed by atoms with Crippen molar-refractivity contribution in [3.8, 4) is 17.9 Å². The van der Waals surface area contributed by atoms with Gasteiger partial charge in [-0.05, 0) is 17.7 Å². The summed E-state index contributed by atoms with van der Waals surface area (Å²) >= 11 is 0. The minimum absolute atomic E-state index is 0.00624. The maximum atomic E-state index is 11.3. The maximum absolute atomic E-state index is 11.3. The van der Waals surface area contributed by atoms with Crippen LogP contribution in [0.5, 0.6) is 5.75 Å². The molecule has 0 saturated heterocycles. The SMILES string of the molecule is N#CC1=C(N)OC(c2ccccc2)=C(C#N)C1c1ccc(O)c(C(=O)O)c1. The van der Waals surface area contributed by atoms with Crippen LogP contribution in [0.4, 0.5) is 0 Å². The molecule has 3 rings (SSSR count). The molecule has 0 spiro atoms. The molecule has 0 bridgehead atoms. The molecule has 0 aromatic heterocycles. The van der Waals surface area contributed by atoms with Crippen molar-refractivity contribution in [3.05, 3.63) is 82.3 Å². The second-order valence-electron chi connectivity index (χ2n) is 5.73. The minimum Gasteiger partial charge on any atom is -0.507 e. The summed E-state index contributed by atoms with van der Waals surface area (Å²) in [5.74, 6) is -2.63. The van der Waals surface area contributed by atoms with Gasteiger partial charge in [0.15, 0.2) is 5.76 Å². The lowest BCUT2D eigenvalue weighted by Crippen LogP contribution is -2.20. The van der Waals surface area contributed by atoms with Crippen LogP contribution in [-0.4, -0.2) is 16.2 Å². The first-order chi connectivity index (χ1) is 13.0. The zero-order valence-corrected chi connectivity index (χ0v) is 13.9. The van der Waals surface area contributed by atoms with Gasteiger partial charge in [-0.2, -0.15) is 10.5 Å². The molecule has 1 aliphatic heterocycles. The lowest BCUT2D eigenvalue weighted by Gasteiger charge is -2.26. The number of ether oxygens (including phenoxy) is 1. The third-order valence-electron chi connectivity index (χ3n) is 4.16. The van der Waals surface area contributed by atoms with E-state index < -0.39 is 17.6 Å². The van der Waals surface area contributed by atoms with E-state index in [0.29, 0.717) is 11.1 Å². The highest BCUT2D eigenvalue weighted by atomic mass is 16.5. The lowest BCUT2D eigenvalue weighted by molar-refractivity contribution is 0.0693. The van der Waals surface area contributed by atoms with Gasteiger partial charge < -0.3 is 20.7 Å². The normalized spacial score (nSPS) is 16.3. The topological polar surface area (TPSA) is 140 Å². The average Bonchev–Trinajstić information content (AvgIpc) is 2.68. The molecule has 7 nitrogen and oxygen atoms in total. The van der Waals surface area contributed by atoms with Gasteiger partial charge in [-0.25, -0.2) is 4.79 Å². The highest BCUT2D eigenvalue weighted by Crippen LogP contribution is 2.42. The molecular formula is C20H13N3O4. The Labute approximate surface area is 154 Å². The van der Waals surface area contributed by atoms with Gasteiger partial charge in [-0.15, -0.1) is 0 Å². The van der Waals surface area contributed by atoms with Gasteiger partial charge in [0.1, 0.15) is 23.0 Å². The minimum atomic E-state index is -1.33. The number of carboxylic acid groups (broad SMARTS) is 1. The Morgan fingerprint density at radius 1 is 1.07 bits per heavy atom. The average molecular weight is 359 g/mol. The molecule has 2 aromatic carbocycles. The number of nitrogens with zero attached hydrogens (tertiary/aromatic N) is 2. The third-order valence-corrected chi connectivity index (χ3v) is 4.16. The number of hydrogen-bond acceptors (Lipinski definition) is 6. The molecule has 27 heavy (non-hydrogen) atoms. The first kappa shape index (κ1) is 17.6. The predicted molar refractivity (Wildman–Crippen MR) is 94.7 cm³/mol. The Morgan fingerprint density at radius 2 is 1.74 bits per heavy atom. The monoisotopic (exact) mass is 359 g/mol. The van der Waals surface area contributed by atoms with Gasteiger partial charge in [0.05, 0.1) is 17.6 Å². The molecule has 0 fully saturated rings. The second-order valence-corrected chi connectivity index (χ2v) is 5.73. The van der Waals surface area contributed by atoms with Gasteiger partial charge >= 0.3 is 5.97 Å². The van der Waals surface area contributed by atoms with Crippen molar-refractivity contribution in [2.45, 2.75) is 5.92 Å². The van der Waals surface area contributed by atoms with Crippen LogP contribution in [0.2, 0.25) is 0 Å². The van der Waals surface area contributed by atoms with Crippen molar-refractivity contribution in [2.75, 3.05) is 0 Å². The number of allylic oxidation sites excluding steroid dienone is 2. The maximum Gasteiger partial charge on any atom is 0.339 e. The number of rotatable bonds is 3. The fraction of sp³-hybridized carbons (Fsp3) is 0.0500. The van der Waals surface area contributed by atoms with Crippen molar-refractivity contribution in [1.29, 1.82) is 10.5 Å². The van der Waals surface area contributed by atoms with Crippen molar-refractivity contribution in [1.82, 2.24) is 0 Å². The highest BCUT2D eigenvalue weighted by Gasteiger charge is 2.34. The van der Waals surface area contributed by atoms with E-state index >= 15 is 0 Å². The van der Waals surface area contributed by atoms with E-state index in [9.17, 15) is 25.5 Å². The standard InChI is InChI=1S/C20H13N3O4/c21-9-14-17(12-6-7-16(24)13(8-12)20(25)26)15(10-22)19(23)27-18(14)11-4-2-1-3-5-11/h1-8,17,24H,23H2,(H,25,26). The number of hydrogen-bond donors (Lipinski definition) is 3. The van der Waals surface area contributed by atoms with E-state index in [1.54, 1.807) is 30.3 Å². The molecule has 1 heterocycles. The van der Waals surface area contributed by atoms with Gasteiger partial charge in [0.25, 0.3) is 0 Å². The zero-order valence-electron chi connectivity index (χ0n) is 13.9. The van der Waals surface area contributed by atoms with Crippen LogP contribution < -0.4 is 5.73 Å². The Hall–Kier alpha value is -4.23. The molecule has 132 valence electrons. The molecule has 2 aromatic rings. The molecule has 0 amide bonds. The fourth-order valence-electron chi connectivity index (χ4n) is 2.91. The molecule has 0 radical (unpaired) electrons. The number of phenols is 1. The summed E-state index contributed by atoms with van der Waals surface area (Å²) in [7, 11) is 0. The molecule has 4 N–H and O–H groups in total. The number of nitrogens with two attached hydrogens (primary N) is 1. The van der Waals surface area contributed by atoms with Gasteiger partial charge in [-0.3, -0.25) is 0 Å². The van der Waals surface area contributed by atoms with Crippen LogP contribution in [0, 0.1) is 22.7 Å². The Bertz CT molecular complexity index is 1070. The van der Waals surface area contributed by atoms with E-state index in [2.05, 4.69) is 6.07 Å². The molecule has 7 heteroatoms. The van der Waals surface area contributed by atoms with Crippen LogP contribution in [-0.2, 0) is 4.74 Å². The smallest absolute Gasteiger partial charge is 0.339 e. The summed E-state index contributed by atoms with van der Waals surface area (Å²) < 4.78 is 5.56. The first-order valence-corrected chi connectivity index (χ1v) is 7.81. The number of carboxylic acids is 1. The quantitative estimate of drug-likeness (QED) is 0.765. The Morgan fingerprint density at radius 3 is 2.33 bits per heavy atom. The summed E-state index contributed by atoms with van der Waals surface area (Å²) in [6, 6.07) is 16.6. The van der Waals surface area contributed by atoms with E-state index in [4.69, 9.17) is 10.5 Å². The van der Waals surface area contributed by atoms with Crippen LogP contribution in [0.1, 0.15) is 27.4 Å². The van der Waals surface area contributed by atoms with E-state index in [1.165, 1.54) is 18.2 Å². The van der Waals surface area contributed by atoms with Crippen molar-refractivity contribution in [2.24, 2.45) is 5.73 Å². The van der Waals surface area contributed by atoms with E-state index in [1.807, 2.05) is 6.07 Å². The summed E-state index contributed by atoms with van der Waals surface area (Å²) in [4.78, 5) is 11.3.